The van der Waals surface area contributed by atoms with Gasteiger partial charge in [0.05, 0.1) is 13.0 Å². The Morgan fingerprint density at radius 3 is 2.39 bits per heavy atom. The van der Waals surface area contributed by atoms with Crippen LogP contribution in [0.5, 0.6) is 0 Å². The second-order valence-electron chi connectivity index (χ2n) is 5.68. The number of hydrogen-bond donors (Lipinski definition) is 3. The van der Waals surface area contributed by atoms with Crippen LogP contribution in [0.2, 0.25) is 0 Å². The highest BCUT2D eigenvalue weighted by Gasteiger charge is 2.09. The van der Waals surface area contributed by atoms with Gasteiger partial charge in [0.1, 0.15) is 0 Å². The molecule has 2 aromatic carbocycles. The Kier molecular flexibility index (Phi) is 6.63. The second kappa shape index (κ2) is 8.96. The molecule has 1 unspecified atom stereocenters. The van der Waals surface area contributed by atoms with Gasteiger partial charge in [0.15, 0.2) is 0 Å². The molecular weight excluding hydrogens is 288 g/mol. The Morgan fingerprint density at radius 2 is 1.74 bits per heavy atom. The fourth-order valence-corrected chi connectivity index (χ4v) is 2.47. The van der Waals surface area contributed by atoms with Gasteiger partial charge < -0.3 is 15.7 Å². The van der Waals surface area contributed by atoms with Crippen LogP contribution in [0, 0.1) is 0 Å². The quantitative estimate of drug-likeness (QED) is 0.701. The fraction of sp³-hybridized carbons (Fsp3) is 0.316. The first kappa shape index (κ1) is 17.0. The normalized spacial score (nSPS) is 11.7. The molecule has 0 saturated heterocycles. The van der Waals surface area contributed by atoms with Crippen molar-refractivity contribution in [2.24, 2.45) is 0 Å². The molecule has 0 radical (unpaired) electrons. The van der Waals surface area contributed by atoms with Crippen molar-refractivity contribution in [1.82, 2.24) is 5.32 Å². The van der Waals surface area contributed by atoms with Crippen LogP contribution < -0.4 is 10.6 Å². The van der Waals surface area contributed by atoms with E-state index in [1.54, 1.807) is 0 Å². The third-order valence-corrected chi connectivity index (χ3v) is 3.55. The van der Waals surface area contributed by atoms with Crippen LogP contribution in [-0.4, -0.2) is 30.2 Å². The molecule has 4 nitrogen and oxygen atoms in total. The zero-order chi connectivity index (χ0) is 16.5. The summed E-state index contributed by atoms with van der Waals surface area (Å²) in [5.41, 5.74) is 3.14. The van der Waals surface area contributed by atoms with Crippen molar-refractivity contribution in [2.45, 2.75) is 25.8 Å². The summed E-state index contributed by atoms with van der Waals surface area (Å²) in [6.07, 6.45) is 1.20. The highest BCUT2D eigenvalue weighted by molar-refractivity contribution is 5.79. The first-order valence-electron chi connectivity index (χ1n) is 7.94. The maximum atomic E-state index is 12.1. The van der Waals surface area contributed by atoms with Gasteiger partial charge in [-0.3, -0.25) is 4.79 Å². The van der Waals surface area contributed by atoms with Crippen LogP contribution in [0.15, 0.2) is 54.6 Å². The summed E-state index contributed by atoms with van der Waals surface area (Å²) in [6.45, 7) is 2.65. The van der Waals surface area contributed by atoms with Crippen LogP contribution in [-0.2, 0) is 17.6 Å². The minimum absolute atomic E-state index is 0.0319. The Labute approximate surface area is 137 Å². The zero-order valence-electron chi connectivity index (χ0n) is 13.5. The number of carbonyl (C=O) groups is 1. The molecule has 122 valence electrons. The number of carbonyl (C=O) groups excluding carboxylic acids is 1. The van der Waals surface area contributed by atoms with Crippen molar-refractivity contribution in [3.05, 3.63) is 65.7 Å². The lowest BCUT2D eigenvalue weighted by Crippen LogP contribution is -2.35. The Balaban J connectivity index is 1.79. The van der Waals surface area contributed by atoms with E-state index in [0.29, 0.717) is 13.0 Å². The van der Waals surface area contributed by atoms with Gasteiger partial charge in [0.25, 0.3) is 0 Å². The summed E-state index contributed by atoms with van der Waals surface area (Å²) in [5.74, 6) is 0.0319. The number of nitrogens with one attached hydrogen (secondary N) is 2. The molecule has 0 aliphatic heterocycles. The number of hydrogen-bond acceptors (Lipinski definition) is 3. The van der Waals surface area contributed by atoms with E-state index < -0.39 is 0 Å². The van der Waals surface area contributed by atoms with Crippen molar-refractivity contribution in [1.29, 1.82) is 0 Å². The van der Waals surface area contributed by atoms with Crippen LogP contribution >= 0.6 is 0 Å². The predicted octanol–water partition coefficient (Wildman–Crippen LogP) is 2.38. The molecule has 0 aliphatic rings. The molecule has 1 atom stereocenters. The highest BCUT2D eigenvalue weighted by Crippen LogP contribution is 2.10. The van der Waals surface area contributed by atoms with Crippen LogP contribution in [0.3, 0.4) is 0 Å². The number of aliphatic hydroxyl groups excluding tert-OH is 1. The van der Waals surface area contributed by atoms with Gasteiger partial charge in [-0.1, -0.05) is 42.5 Å². The van der Waals surface area contributed by atoms with Gasteiger partial charge in [-0.25, -0.2) is 0 Å². The van der Waals surface area contributed by atoms with E-state index in [1.807, 2.05) is 49.4 Å². The van der Waals surface area contributed by atoms with Crippen LogP contribution in [0.25, 0.3) is 0 Å². The number of amides is 1. The SMILES string of the molecule is CC(Cc1ccccc1)NC(=O)Cc1ccc(NCCO)cc1. The van der Waals surface area contributed by atoms with Gasteiger partial charge in [-0.15, -0.1) is 0 Å². The first-order chi connectivity index (χ1) is 11.2. The number of anilines is 1. The third kappa shape index (κ3) is 6.12. The number of aliphatic hydroxyl groups is 1. The average molecular weight is 312 g/mol. The number of benzene rings is 2. The maximum absolute atomic E-state index is 12.1. The second-order valence-corrected chi connectivity index (χ2v) is 5.68. The zero-order valence-corrected chi connectivity index (χ0v) is 13.5. The fourth-order valence-electron chi connectivity index (χ4n) is 2.47. The largest absolute Gasteiger partial charge is 0.395 e. The number of rotatable bonds is 8. The standard InChI is InChI=1S/C19H24N2O2/c1-15(13-16-5-3-2-4-6-16)21-19(23)14-17-7-9-18(10-8-17)20-11-12-22/h2-10,15,20,22H,11-14H2,1H3,(H,21,23). The Morgan fingerprint density at radius 1 is 1.04 bits per heavy atom. The molecule has 4 heteroatoms. The molecule has 0 heterocycles. The van der Waals surface area contributed by atoms with Crippen molar-refractivity contribution in [3.63, 3.8) is 0 Å². The van der Waals surface area contributed by atoms with Gasteiger partial charge in [-0.2, -0.15) is 0 Å². The summed E-state index contributed by atoms with van der Waals surface area (Å²) >= 11 is 0. The topological polar surface area (TPSA) is 61.4 Å². The van der Waals surface area contributed by atoms with Gasteiger partial charge in [-0.05, 0) is 36.6 Å². The third-order valence-electron chi connectivity index (χ3n) is 3.55. The van der Waals surface area contributed by atoms with Crippen molar-refractivity contribution in [2.75, 3.05) is 18.5 Å². The van der Waals surface area contributed by atoms with E-state index in [1.165, 1.54) is 5.56 Å². The lowest BCUT2D eigenvalue weighted by atomic mass is 10.1. The van der Waals surface area contributed by atoms with Gasteiger partial charge in [0, 0.05) is 18.3 Å². The minimum Gasteiger partial charge on any atom is -0.395 e. The van der Waals surface area contributed by atoms with Gasteiger partial charge >= 0.3 is 0 Å². The summed E-state index contributed by atoms with van der Waals surface area (Å²) in [6, 6.07) is 18.0. The molecule has 2 rings (SSSR count). The predicted molar refractivity (Wildman–Crippen MR) is 93.5 cm³/mol. The first-order valence-corrected chi connectivity index (χ1v) is 7.94. The Hall–Kier alpha value is -2.33. The Bertz CT molecular complexity index is 597. The molecule has 0 aromatic heterocycles. The summed E-state index contributed by atoms with van der Waals surface area (Å²) < 4.78 is 0. The minimum atomic E-state index is 0.0319. The molecule has 3 N–H and O–H groups in total. The molecule has 0 bridgehead atoms. The van der Waals surface area contributed by atoms with Gasteiger partial charge in [0.2, 0.25) is 5.91 Å². The molecule has 0 saturated carbocycles. The lowest BCUT2D eigenvalue weighted by Gasteiger charge is -2.14. The molecule has 23 heavy (non-hydrogen) atoms. The van der Waals surface area contributed by atoms with Crippen LogP contribution in [0.1, 0.15) is 18.1 Å². The monoisotopic (exact) mass is 312 g/mol. The van der Waals surface area contributed by atoms with E-state index in [9.17, 15) is 4.79 Å². The summed E-state index contributed by atoms with van der Waals surface area (Å²) in [7, 11) is 0. The van der Waals surface area contributed by atoms with E-state index in [-0.39, 0.29) is 18.6 Å². The maximum Gasteiger partial charge on any atom is 0.224 e. The average Bonchev–Trinajstić information content (AvgIpc) is 2.55. The molecule has 1 amide bonds. The molecule has 2 aromatic rings. The van der Waals surface area contributed by atoms with E-state index in [0.717, 1.165) is 17.7 Å². The van der Waals surface area contributed by atoms with E-state index in [4.69, 9.17) is 5.11 Å². The van der Waals surface area contributed by atoms with E-state index in [2.05, 4.69) is 22.8 Å². The van der Waals surface area contributed by atoms with E-state index >= 15 is 0 Å². The summed E-state index contributed by atoms with van der Waals surface area (Å²) in [4.78, 5) is 12.1. The molecular formula is C19H24N2O2. The molecule has 0 fully saturated rings. The molecule has 0 spiro atoms. The van der Waals surface area contributed by atoms with Crippen molar-refractivity contribution >= 4 is 11.6 Å². The van der Waals surface area contributed by atoms with Crippen molar-refractivity contribution in [3.8, 4) is 0 Å². The van der Waals surface area contributed by atoms with Crippen LogP contribution in [0.4, 0.5) is 5.69 Å². The summed E-state index contributed by atoms with van der Waals surface area (Å²) in [5, 5.41) is 14.9. The smallest absolute Gasteiger partial charge is 0.224 e. The van der Waals surface area contributed by atoms with Crippen molar-refractivity contribution < 1.29 is 9.90 Å². The molecule has 0 aliphatic carbocycles. The lowest BCUT2D eigenvalue weighted by molar-refractivity contribution is -0.121. The highest BCUT2D eigenvalue weighted by atomic mass is 16.3.